The third kappa shape index (κ3) is 1.36. The molecule has 0 spiro atoms. The van der Waals surface area contributed by atoms with Crippen molar-refractivity contribution in [3.8, 4) is 0 Å². The quantitative estimate of drug-likeness (QED) is 0.654. The lowest BCUT2D eigenvalue weighted by molar-refractivity contribution is 1.16. The second-order valence-electron chi connectivity index (χ2n) is 3.17. The fourth-order valence-corrected chi connectivity index (χ4v) is 2.99. The number of fused-ring (bicyclic) bond motifs is 1. The van der Waals surface area contributed by atoms with Crippen LogP contribution in [0.4, 0.5) is 0 Å². The first kappa shape index (κ1) is 9.04. The Morgan fingerprint density at radius 2 is 2.23 bits per heavy atom. The average Bonchev–Trinajstić information content (AvgIpc) is 2.53. The molecule has 0 N–H and O–H groups in total. The number of halogens is 1. The van der Waals surface area contributed by atoms with E-state index < -0.39 is 0 Å². The Balaban J connectivity index is 2.88. The van der Waals surface area contributed by atoms with Gasteiger partial charge in [0.2, 0.25) is 0 Å². The normalized spacial score (nSPS) is 11.0. The van der Waals surface area contributed by atoms with Gasteiger partial charge in [0, 0.05) is 9.72 Å². The first-order valence-electron chi connectivity index (χ1n) is 4.39. The molecule has 0 atom stereocenters. The summed E-state index contributed by atoms with van der Waals surface area (Å²) in [4.78, 5) is 0. The van der Waals surface area contributed by atoms with Crippen LogP contribution in [0.5, 0.6) is 0 Å². The Labute approximate surface area is 87.2 Å². The maximum absolute atomic E-state index is 6.17. The molecule has 0 fully saturated rings. The van der Waals surface area contributed by atoms with Crippen LogP contribution >= 0.6 is 22.9 Å². The average molecular weight is 211 g/mol. The van der Waals surface area contributed by atoms with Crippen LogP contribution < -0.4 is 0 Å². The number of hydrogen-bond donors (Lipinski definition) is 0. The van der Waals surface area contributed by atoms with Crippen LogP contribution in [0.3, 0.4) is 0 Å². The van der Waals surface area contributed by atoms with Gasteiger partial charge in [-0.05, 0) is 47.4 Å². The molecule has 13 heavy (non-hydrogen) atoms. The van der Waals surface area contributed by atoms with Gasteiger partial charge in [0.05, 0.1) is 0 Å². The number of thiophene rings is 1. The maximum atomic E-state index is 6.17. The molecule has 0 aliphatic carbocycles. The molecule has 0 bridgehead atoms. The summed E-state index contributed by atoms with van der Waals surface area (Å²) in [5.74, 6) is 0. The van der Waals surface area contributed by atoms with Gasteiger partial charge < -0.3 is 0 Å². The molecule has 68 valence electrons. The van der Waals surface area contributed by atoms with E-state index in [1.54, 1.807) is 11.3 Å². The van der Waals surface area contributed by atoms with Crippen LogP contribution in [-0.2, 0) is 6.42 Å². The fourth-order valence-electron chi connectivity index (χ4n) is 1.68. The van der Waals surface area contributed by atoms with E-state index in [4.69, 9.17) is 11.6 Å². The van der Waals surface area contributed by atoms with Crippen LogP contribution in [0.15, 0.2) is 17.5 Å². The van der Waals surface area contributed by atoms with Crippen molar-refractivity contribution >= 4 is 33.0 Å². The zero-order valence-corrected chi connectivity index (χ0v) is 9.30. The number of hydrogen-bond acceptors (Lipinski definition) is 1. The molecule has 1 heterocycles. The number of aryl methyl sites for hydroxylation is 2. The topological polar surface area (TPSA) is 0 Å². The van der Waals surface area contributed by atoms with E-state index in [-0.39, 0.29) is 0 Å². The predicted octanol–water partition coefficient (Wildman–Crippen LogP) is 4.43. The van der Waals surface area contributed by atoms with E-state index in [0.717, 1.165) is 11.4 Å². The van der Waals surface area contributed by atoms with E-state index in [1.807, 2.05) is 0 Å². The molecular formula is C11H11ClS. The zero-order valence-electron chi connectivity index (χ0n) is 7.73. The van der Waals surface area contributed by atoms with Crippen molar-refractivity contribution in [2.24, 2.45) is 0 Å². The van der Waals surface area contributed by atoms with Crippen LogP contribution in [0.2, 0.25) is 5.02 Å². The maximum Gasteiger partial charge on any atom is 0.0447 e. The monoisotopic (exact) mass is 210 g/mol. The molecule has 2 rings (SSSR count). The standard InChI is InChI=1S/C11H11ClS/c1-3-8-9-4-5-13-11(9)7(2)6-10(8)12/h4-6H,3H2,1-2H3. The van der Waals surface area contributed by atoms with Crippen molar-refractivity contribution in [3.05, 3.63) is 33.7 Å². The molecule has 0 amide bonds. The van der Waals surface area contributed by atoms with E-state index >= 15 is 0 Å². The van der Waals surface area contributed by atoms with Gasteiger partial charge in [-0.1, -0.05) is 18.5 Å². The van der Waals surface area contributed by atoms with Crippen LogP contribution in [0.1, 0.15) is 18.1 Å². The highest BCUT2D eigenvalue weighted by Crippen LogP contribution is 2.32. The van der Waals surface area contributed by atoms with Gasteiger partial charge in [-0.2, -0.15) is 0 Å². The lowest BCUT2D eigenvalue weighted by Gasteiger charge is -2.05. The molecule has 0 saturated carbocycles. The van der Waals surface area contributed by atoms with Crippen molar-refractivity contribution in [1.82, 2.24) is 0 Å². The van der Waals surface area contributed by atoms with Crippen molar-refractivity contribution in [2.75, 3.05) is 0 Å². The zero-order chi connectivity index (χ0) is 9.42. The molecule has 0 unspecified atom stereocenters. The van der Waals surface area contributed by atoms with Gasteiger partial charge in [0.1, 0.15) is 0 Å². The third-order valence-electron chi connectivity index (χ3n) is 2.33. The molecule has 0 aliphatic heterocycles. The molecule has 1 aromatic heterocycles. The smallest absolute Gasteiger partial charge is 0.0447 e. The van der Waals surface area contributed by atoms with Gasteiger partial charge in [-0.15, -0.1) is 11.3 Å². The first-order valence-corrected chi connectivity index (χ1v) is 5.65. The molecule has 0 saturated heterocycles. The molecule has 1 aromatic carbocycles. The Morgan fingerprint density at radius 1 is 1.46 bits per heavy atom. The van der Waals surface area contributed by atoms with Crippen molar-refractivity contribution in [1.29, 1.82) is 0 Å². The highest BCUT2D eigenvalue weighted by Gasteiger charge is 2.07. The van der Waals surface area contributed by atoms with Crippen LogP contribution in [0, 0.1) is 6.92 Å². The second-order valence-corrected chi connectivity index (χ2v) is 4.49. The van der Waals surface area contributed by atoms with Crippen LogP contribution in [0.25, 0.3) is 10.1 Å². The van der Waals surface area contributed by atoms with E-state index in [2.05, 4.69) is 31.4 Å². The van der Waals surface area contributed by atoms with Crippen molar-refractivity contribution in [3.63, 3.8) is 0 Å². The van der Waals surface area contributed by atoms with Gasteiger partial charge in [-0.25, -0.2) is 0 Å². The van der Waals surface area contributed by atoms with Gasteiger partial charge >= 0.3 is 0 Å². The Morgan fingerprint density at radius 3 is 2.92 bits per heavy atom. The third-order valence-corrected chi connectivity index (χ3v) is 3.72. The summed E-state index contributed by atoms with van der Waals surface area (Å²) in [7, 11) is 0. The summed E-state index contributed by atoms with van der Waals surface area (Å²) in [5, 5.41) is 4.37. The molecule has 0 radical (unpaired) electrons. The lowest BCUT2D eigenvalue weighted by Crippen LogP contribution is -1.85. The molecule has 2 heteroatoms. The van der Waals surface area contributed by atoms with Gasteiger partial charge in [0.15, 0.2) is 0 Å². The highest BCUT2D eigenvalue weighted by molar-refractivity contribution is 7.17. The fraction of sp³-hybridized carbons (Fsp3) is 0.273. The van der Waals surface area contributed by atoms with Gasteiger partial charge in [0.25, 0.3) is 0 Å². The summed E-state index contributed by atoms with van der Waals surface area (Å²) in [6.45, 7) is 4.26. The Kier molecular flexibility index (Phi) is 2.31. The summed E-state index contributed by atoms with van der Waals surface area (Å²) in [5.41, 5.74) is 2.57. The second kappa shape index (κ2) is 3.32. The Hall–Kier alpha value is -0.530. The minimum Gasteiger partial charge on any atom is -0.144 e. The van der Waals surface area contributed by atoms with Crippen LogP contribution in [-0.4, -0.2) is 0 Å². The van der Waals surface area contributed by atoms with E-state index in [1.165, 1.54) is 21.2 Å². The predicted molar refractivity (Wildman–Crippen MR) is 61.0 cm³/mol. The minimum atomic E-state index is 0.908. The number of rotatable bonds is 1. The lowest BCUT2D eigenvalue weighted by atomic mass is 10.1. The van der Waals surface area contributed by atoms with Crippen molar-refractivity contribution < 1.29 is 0 Å². The highest BCUT2D eigenvalue weighted by atomic mass is 35.5. The summed E-state index contributed by atoms with van der Waals surface area (Å²) in [6.07, 6.45) is 1.01. The largest absolute Gasteiger partial charge is 0.144 e. The van der Waals surface area contributed by atoms with E-state index in [9.17, 15) is 0 Å². The van der Waals surface area contributed by atoms with Gasteiger partial charge in [-0.3, -0.25) is 0 Å². The summed E-state index contributed by atoms with van der Waals surface area (Å²) in [6, 6.07) is 4.23. The van der Waals surface area contributed by atoms with E-state index in [0.29, 0.717) is 0 Å². The van der Waals surface area contributed by atoms with Crippen molar-refractivity contribution in [2.45, 2.75) is 20.3 Å². The first-order chi connectivity index (χ1) is 6.24. The minimum absolute atomic E-state index is 0.908. The Bertz CT molecular complexity index is 443. The molecular weight excluding hydrogens is 200 g/mol. The SMILES string of the molecule is CCc1c(Cl)cc(C)c2sccc12. The summed E-state index contributed by atoms with van der Waals surface area (Å²) >= 11 is 7.96. The molecule has 0 nitrogen and oxygen atoms in total. The molecule has 0 aliphatic rings. The number of benzene rings is 1. The molecule has 2 aromatic rings. The summed E-state index contributed by atoms with van der Waals surface area (Å²) < 4.78 is 1.38.